The summed E-state index contributed by atoms with van der Waals surface area (Å²) in [7, 11) is 2.02. The summed E-state index contributed by atoms with van der Waals surface area (Å²) in [6, 6.07) is 15.0. The van der Waals surface area contributed by atoms with E-state index in [1.165, 1.54) is 22.3 Å². The fourth-order valence-corrected chi connectivity index (χ4v) is 3.24. The molecule has 0 spiro atoms. The first kappa shape index (κ1) is 16.1. The maximum absolute atomic E-state index is 6.09. The largest absolute Gasteiger partial charge is 0.319 e. The Balaban J connectivity index is 2.11. The van der Waals surface area contributed by atoms with E-state index in [-0.39, 0.29) is 0 Å². The quantitative estimate of drug-likeness (QED) is 0.823. The molecule has 0 saturated heterocycles. The zero-order chi connectivity index (χ0) is 15.2. The SMILES string of the molecule is CNCC(Cc1cc(C)cc(C)c1)Cc1cccc(Cl)c1. The van der Waals surface area contributed by atoms with Crippen LogP contribution >= 0.6 is 11.6 Å². The van der Waals surface area contributed by atoms with Gasteiger partial charge in [0.1, 0.15) is 0 Å². The Labute approximate surface area is 133 Å². The lowest BCUT2D eigenvalue weighted by molar-refractivity contribution is 0.493. The number of nitrogens with one attached hydrogen (secondary N) is 1. The van der Waals surface area contributed by atoms with Crippen LogP contribution in [0.4, 0.5) is 0 Å². The van der Waals surface area contributed by atoms with Gasteiger partial charge in [0.2, 0.25) is 0 Å². The number of hydrogen-bond acceptors (Lipinski definition) is 1. The van der Waals surface area contributed by atoms with Crippen molar-refractivity contribution in [3.05, 3.63) is 69.7 Å². The first-order valence-corrected chi connectivity index (χ1v) is 7.91. The maximum Gasteiger partial charge on any atom is 0.0408 e. The zero-order valence-corrected chi connectivity index (χ0v) is 13.9. The standard InChI is InChI=1S/C19H24ClN/c1-14-7-15(2)9-17(8-14)11-18(13-21-3)10-16-5-4-6-19(20)12-16/h4-9,12,18,21H,10-11,13H2,1-3H3. The van der Waals surface area contributed by atoms with E-state index >= 15 is 0 Å². The first-order valence-electron chi connectivity index (χ1n) is 7.53. The van der Waals surface area contributed by atoms with E-state index in [4.69, 9.17) is 11.6 Å². The summed E-state index contributed by atoms with van der Waals surface area (Å²) in [6.45, 7) is 5.35. The molecule has 0 fully saturated rings. The van der Waals surface area contributed by atoms with Gasteiger partial charge in [-0.3, -0.25) is 0 Å². The molecule has 0 aliphatic carbocycles. The average Bonchev–Trinajstić information content (AvgIpc) is 2.37. The minimum atomic E-state index is 0.578. The number of hydrogen-bond donors (Lipinski definition) is 1. The van der Waals surface area contributed by atoms with Gasteiger partial charge in [0, 0.05) is 5.02 Å². The topological polar surface area (TPSA) is 12.0 Å². The number of halogens is 1. The van der Waals surface area contributed by atoms with Crippen LogP contribution in [0.15, 0.2) is 42.5 Å². The highest BCUT2D eigenvalue weighted by Gasteiger charge is 2.11. The van der Waals surface area contributed by atoms with Crippen molar-refractivity contribution in [2.75, 3.05) is 13.6 Å². The molecule has 0 saturated carbocycles. The second-order valence-electron chi connectivity index (χ2n) is 5.96. The smallest absolute Gasteiger partial charge is 0.0408 e. The molecule has 0 amide bonds. The Kier molecular flexibility index (Phi) is 5.84. The minimum absolute atomic E-state index is 0.578. The van der Waals surface area contributed by atoms with Gasteiger partial charge in [0.25, 0.3) is 0 Å². The van der Waals surface area contributed by atoms with Gasteiger partial charge in [0.05, 0.1) is 0 Å². The second-order valence-corrected chi connectivity index (χ2v) is 6.39. The molecule has 0 radical (unpaired) electrons. The van der Waals surface area contributed by atoms with E-state index in [1.807, 2.05) is 19.2 Å². The third kappa shape index (κ3) is 5.18. The molecule has 0 aliphatic heterocycles. The third-order valence-corrected chi connectivity index (χ3v) is 3.95. The molecule has 112 valence electrons. The first-order chi connectivity index (χ1) is 10.1. The van der Waals surface area contributed by atoms with Crippen molar-refractivity contribution in [3.63, 3.8) is 0 Å². The van der Waals surface area contributed by atoms with Gasteiger partial charge in [-0.2, -0.15) is 0 Å². The van der Waals surface area contributed by atoms with Crippen LogP contribution in [0.3, 0.4) is 0 Å². The van der Waals surface area contributed by atoms with Crippen LogP contribution in [-0.2, 0) is 12.8 Å². The van der Waals surface area contributed by atoms with Gasteiger partial charge in [-0.1, -0.05) is 53.1 Å². The van der Waals surface area contributed by atoms with Crippen molar-refractivity contribution < 1.29 is 0 Å². The van der Waals surface area contributed by atoms with E-state index in [0.717, 1.165) is 24.4 Å². The van der Waals surface area contributed by atoms with E-state index < -0.39 is 0 Å². The normalized spacial score (nSPS) is 12.4. The summed E-state index contributed by atoms with van der Waals surface area (Å²) < 4.78 is 0. The van der Waals surface area contributed by atoms with E-state index in [1.54, 1.807) is 0 Å². The predicted octanol–water partition coefficient (Wildman–Crippen LogP) is 4.58. The number of aryl methyl sites for hydroxylation is 2. The molecule has 1 N–H and O–H groups in total. The monoisotopic (exact) mass is 301 g/mol. The molecule has 0 aliphatic rings. The molecular weight excluding hydrogens is 278 g/mol. The highest BCUT2D eigenvalue weighted by Crippen LogP contribution is 2.19. The highest BCUT2D eigenvalue weighted by molar-refractivity contribution is 6.30. The van der Waals surface area contributed by atoms with E-state index in [0.29, 0.717) is 5.92 Å². The van der Waals surface area contributed by atoms with Gasteiger partial charge < -0.3 is 5.32 Å². The van der Waals surface area contributed by atoms with Gasteiger partial charge in [-0.15, -0.1) is 0 Å². The highest BCUT2D eigenvalue weighted by atomic mass is 35.5. The van der Waals surface area contributed by atoms with Gasteiger partial charge >= 0.3 is 0 Å². The lowest BCUT2D eigenvalue weighted by Crippen LogP contribution is -2.22. The van der Waals surface area contributed by atoms with Crippen molar-refractivity contribution in [2.45, 2.75) is 26.7 Å². The lowest BCUT2D eigenvalue weighted by Gasteiger charge is -2.18. The van der Waals surface area contributed by atoms with E-state index in [2.05, 4.69) is 49.5 Å². The molecule has 0 heterocycles. The van der Waals surface area contributed by atoms with Crippen LogP contribution in [0, 0.1) is 19.8 Å². The molecule has 2 heteroatoms. The molecular formula is C19H24ClN. The summed E-state index contributed by atoms with van der Waals surface area (Å²) in [6.07, 6.45) is 2.14. The summed E-state index contributed by atoms with van der Waals surface area (Å²) in [5.74, 6) is 0.578. The summed E-state index contributed by atoms with van der Waals surface area (Å²) in [5, 5.41) is 4.14. The molecule has 0 aromatic heterocycles. The molecule has 2 aromatic carbocycles. The lowest BCUT2D eigenvalue weighted by atomic mass is 9.91. The van der Waals surface area contributed by atoms with Crippen LogP contribution in [0.1, 0.15) is 22.3 Å². The molecule has 1 nitrogen and oxygen atoms in total. The van der Waals surface area contributed by atoms with Crippen molar-refractivity contribution in [2.24, 2.45) is 5.92 Å². The molecule has 2 aromatic rings. The fourth-order valence-electron chi connectivity index (χ4n) is 3.02. The molecule has 1 atom stereocenters. The Hall–Kier alpha value is -1.31. The van der Waals surface area contributed by atoms with E-state index in [9.17, 15) is 0 Å². The van der Waals surface area contributed by atoms with Crippen LogP contribution in [0.25, 0.3) is 0 Å². The second kappa shape index (κ2) is 7.63. The number of rotatable bonds is 6. The van der Waals surface area contributed by atoms with Crippen molar-refractivity contribution in [1.29, 1.82) is 0 Å². The predicted molar refractivity (Wildman–Crippen MR) is 92.2 cm³/mol. The van der Waals surface area contributed by atoms with Gasteiger partial charge in [0.15, 0.2) is 0 Å². The van der Waals surface area contributed by atoms with Crippen molar-refractivity contribution in [3.8, 4) is 0 Å². The number of benzene rings is 2. The minimum Gasteiger partial charge on any atom is -0.319 e. The zero-order valence-electron chi connectivity index (χ0n) is 13.1. The Bertz CT molecular complexity index is 572. The van der Waals surface area contributed by atoms with Gasteiger partial charge in [-0.05, 0) is 69.5 Å². The van der Waals surface area contributed by atoms with Crippen LogP contribution < -0.4 is 5.32 Å². The van der Waals surface area contributed by atoms with Crippen molar-refractivity contribution >= 4 is 11.6 Å². The van der Waals surface area contributed by atoms with Crippen LogP contribution in [-0.4, -0.2) is 13.6 Å². The average molecular weight is 302 g/mol. The molecule has 2 rings (SSSR count). The Morgan fingerprint density at radius 3 is 2.24 bits per heavy atom. The van der Waals surface area contributed by atoms with Gasteiger partial charge in [-0.25, -0.2) is 0 Å². The fraction of sp³-hybridized carbons (Fsp3) is 0.368. The van der Waals surface area contributed by atoms with Crippen LogP contribution in [0.5, 0.6) is 0 Å². The summed E-state index contributed by atoms with van der Waals surface area (Å²) >= 11 is 6.09. The molecule has 1 unspecified atom stereocenters. The maximum atomic E-state index is 6.09. The Morgan fingerprint density at radius 1 is 0.952 bits per heavy atom. The molecule has 0 bridgehead atoms. The summed E-state index contributed by atoms with van der Waals surface area (Å²) in [4.78, 5) is 0. The molecule has 21 heavy (non-hydrogen) atoms. The summed E-state index contributed by atoms with van der Waals surface area (Å²) in [5.41, 5.74) is 5.42. The van der Waals surface area contributed by atoms with Crippen molar-refractivity contribution in [1.82, 2.24) is 5.32 Å². The third-order valence-electron chi connectivity index (χ3n) is 3.71. The van der Waals surface area contributed by atoms with Crippen LogP contribution in [0.2, 0.25) is 5.02 Å². The Morgan fingerprint density at radius 2 is 1.62 bits per heavy atom.